The minimum Gasteiger partial charge on any atom is -0.488 e. The lowest BCUT2D eigenvalue weighted by Gasteiger charge is -2.27. The minimum absolute atomic E-state index is 0.0793. The number of halogens is 2. The molecule has 0 saturated carbocycles. The molecule has 0 aliphatic heterocycles. The second kappa shape index (κ2) is 12.6. The molecule has 0 bridgehead atoms. The Morgan fingerprint density at radius 2 is 1.76 bits per heavy atom. The molecule has 0 saturated heterocycles. The third-order valence-corrected chi connectivity index (χ3v) is 4.63. The van der Waals surface area contributed by atoms with Gasteiger partial charge in [0.25, 0.3) is 0 Å². The Balaban J connectivity index is 1.99. The molecule has 0 unspecified atom stereocenters. The van der Waals surface area contributed by atoms with E-state index in [0.29, 0.717) is 5.02 Å². The van der Waals surface area contributed by atoms with Gasteiger partial charge in [-0.15, -0.1) is 5.53 Å². The van der Waals surface area contributed by atoms with Crippen molar-refractivity contribution in [3.05, 3.63) is 58.9 Å². The zero-order valence-electron chi connectivity index (χ0n) is 18.9. The van der Waals surface area contributed by atoms with Crippen LogP contribution in [0.3, 0.4) is 0 Å². The van der Waals surface area contributed by atoms with E-state index in [-0.39, 0.29) is 24.1 Å². The number of hydrogen-bond acceptors (Lipinski definition) is 6. The molecule has 5 N–H and O–H groups in total. The van der Waals surface area contributed by atoms with Crippen LogP contribution in [0.2, 0.25) is 5.02 Å². The molecule has 0 radical (unpaired) electrons. The van der Waals surface area contributed by atoms with Crippen molar-refractivity contribution in [3.63, 3.8) is 0 Å². The van der Waals surface area contributed by atoms with E-state index < -0.39 is 36.3 Å². The van der Waals surface area contributed by atoms with Crippen molar-refractivity contribution in [2.75, 3.05) is 5.43 Å². The number of amides is 4. The van der Waals surface area contributed by atoms with E-state index in [2.05, 4.69) is 21.7 Å². The number of ether oxygens (including phenoxy) is 1. The van der Waals surface area contributed by atoms with Gasteiger partial charge in [-0.2, -0.15) is 0 Å². The molecule has 34 heavy (non-hydrogen) atoms. The van der Waals surface area contributed by atoms with Gasteiger partial charge in [0.05, 0.1) is 24.3 Å². The number of aliphatic carboxylic acids is 1. The number of anilines is 1. The Hall–Kier alpha value is -3.57. The fourth-order valence-corrected chi connectivity index (χ4v) is 2.97. The zero-order valence-corrected chi connectivity index (χ0v) is 19.6. The number of nitrogens with one attached hydrogen (secondary N) is 4. The van der Waals surface area contributed by atoms with Gasteiger partial charge in [-0.1, -0.05) is 23.7 Å². The van der Waals surface area contributed by atoms with E-state index in [4.69, 9.17) is 21.4 Å². The zero-order chi connectivity index (χ0) is 25.3. The van der Waals surface area contributed by atoms with Crippen LogP contribution in [0, 0.1) is 5.82 Å². The van der Waals surface area contributed by atoms with Crippen molar-refractivity contribution in [1.29, 1.82) is 0 Å². The first-order valence-electron chi connectivity index (χ1n) is 10.4. The largest absolute Gasteiger partial charge is 0.488 e. The lowest BCUT2D eigenvalue weighted by molar-refractivity contribution is -0.137. The van der Waals surface area contributed by atoms with Gasteiger partial charge in [-0.25, -0.2) is 18.9 Å². The van der Waals surface area contributed by atoms with E-state index in [0.717, 1.165) is 16.5 Å². The smallest absolute Gasteiger partial charge is 0.341 e. The van der Waals surface area contributed by atoms with Crippen LogP contribution in [0.25, 0.3) is 0 Å². The monoisotopic (exact) mass is 495 g/mol. The number of hydrogen-bond donors (Lipinski definition) is 5. The Morgan fingerprint density at radius 1 is 1.09 bits per heavy atom. The average Bonchev–Trinajstić information content (AvgIpc) is 2.74. The number of carbonyl (C=O) groups is 3. The first-order chi connectivity index (χ1) is 16.1. The Morgan fingerprint density at radius 3 is 2.35 bits per heavy atom. The summed E-state index contributed by atoms with van der Waals surface area (Å²) in [5.74, 6) is -1.71. The van der Waals surface area contributed by atoms with Crippen molar-refractivity contribution >= 4 is 35.3 Å². The Labute approximate surface area is 201 Å². The van der Waals surface area contributed by atoms with Crippen LogP contribution in [0.4, 0.5) is 19.7 Å². The Kier molecular flexibility index (Phi) is 9.90. The first-order valence-corrected chi connectivity index (χ1v) is 10.7. The predicted octanol–water partition coefficient (Wildman–Crippen LogP) is 3.88. The van der Waals surface area contributed by atoms with Gasteiger partial charge in [0.15, 0.2) is 11.6 Å². The fourth-order valence-electron chi connectivity index (χ4n) is 2.85. The first kappa shape index (κ1) is 26.7. The maximum absolute atomic E-state index is 14.1. The summed E-state index contributed by atoms with van der Waals surface area (Å²) in [7, 11) is 0. The van der Waals surface area contributed by atoms with Gasteiger partial charge in [0, 0.05) is 17.6 Å². The quantitative estimate of drug-likeness (QED) is 0.316. The second-order valence-corrected chi connectivity index (χ2v) is 8.03. The van der Waals surface area contributed by atoms with E-state index in [9.17, 15) is 18.8 Å². The van der Waals surface area contributed by atoms with Gasteiger partial charge >= 0.3 is 18.0 Å². The molecule has 0 aliphatic rings. The van der Waals surface area contributed by atoms with E-state index in [1.807, 2.05) is 0 Å². The minimum atomic E-state index is -1.18. The third kappa shape index (κ3) is 8.41. The third-order valence-electron chi connectivity index (χ3n) is 4.38. The highest BCUT2D eigenvalue weighted by atomic mass is 35.5. The summed E-state index contributed by atoms with van der Waals surface area (Å²) in [6.45, 7) is 5.05. The lowest BCUT2D eigenvalue weighted by Crippen LogP contribution is -2.56. The number of rotatable bonds is 10. The number of hydrazine groups is 2. The molecule has 12 heteroatoms. The van der Waals surface area contributed by atoms with Gasteiger partial charge in [-0.05, 0) is 50.6 Å². The molecular formula is C22H27ClFN5O5. The van der Waals surface area contributed by atoms with Gasteiger partial charge in [-0.3, -0.25) is 10.2 Å². The second-order valence-electron chi connectivity index (χ2n) is 7.59. The summed E-state index contributed by atoms with van der Waals surface area (Å²) in [5, 5.41) is 12.2. The highest BCUT2D eigenvalue weighted by Crippen LogP contribution is 2.21. The van der Waals surface area contributed by atoms with Crippen LogP contribution in [0.15, 0.2) is 42.5 Å². The maximum atomic E-state index is 14.1. The molecular weight excluding hydrogens is 469 g/mol. The molecule has 0 spiro atoms. The number of carboxylic acids is 1. The van der Waals surface area contributed by atoms with Crippen LogP contribution < -0.4 is 26.4 Å². The summed E-state index contributed by atoms with van der Waals surface area (Å²) >= 11 is 5.84. The number of carboxylic acid groups (broad SMARTS) is 1. The summed E-state index contributed by atoms with van der Waals surface area (Å²) in [5.41, 5.74) is 8.18. The van der Waals surface area contributed by atoms with Crippen molar-refractivity contribution in [1.82, 2.24) is 21.2 Å². The van der Waals surface area contributed by atoms with Crippen LogP contribution in [0.1, 0.15) is 32.8 Å². The van der Waals surface area contributed by atoms with Crippen molar-refractivity contribution in [3.8, 4) is 5.75 Å². The molecule has 2 aromatic rings. The lowest BCUT2D eigenvalue weighted by atomic mass is 10.2. The predicted molar refractivity (Wildman–Crippen MR) is 125 cm³/mol. The van der Waals surface area contributed by atoms with Gasteiger partial charge in [0.1, 0.15) is 0 Å². The van der Waals surface area contributed by atoms with Crippen LogP contribution in [-0.4, -0.2) is 40.2 Å². The Bertz CT molecular complexity index is 1010. The fraction of sp³-hybridized carbons (Fsp3) is 0.318. The molecule has 2 aromatic carbocycles. The van der Waals surface area contributed by atoms with Gasteiger partial charge in [0.2, 0.25) is 0 Å². The van der Waals surface area contributed by atoms with Crippen LogP contribution >= 0.6 is 11.6 Å². The summed E-state index contributed by atoms with van der Waals surface area (Å²) < 4.78 is 19.4. The van der Waals surface area contributed by atoms with E-state index >= 15 is 0 Å². The van der Waals surface area contributed by atoms with Crippen molar-refractivity contribution in [2.45, 2.75) is 45.9 Å². The maximum Gasteiger partial charge on any atom is 0.341 e. The van der Waals surface area contributed by atoms with E-state index in [1.165, 1.54) is 19.1 Å². The number of nitrogens with zero attached hydrogens (tertiary/aromatic N) is 1. The SMILES string of the molecule is CC(C)Oc1ccc(NNNC(=O)N(C(=O)NCc2ccc(Cl)cc2)[C@@H](C)CC(=O)O)cc1F. The molecule has 4 amide bonds. The van der Waals surface area contributed by atoms with Crippen molar-refractivity contribution in [2.24, 2.45) is 0 Å². The van der Waals surface area contributed by atoms with Crippen LogP contribution in [-0.2, 0) is 11.3 Å². The highest BCUT2D eigenvalue weighted by Gasteiger charge is 2.28. The molecule has 10 nitrogen and oxygen atoms in total. The summed E-state index contributed by atoms with van der Waals surface area (Å²) in [6, 6.07) is 8.12. The molecule has 184 valence electrons. The molecule has 0 aromatic heterocycles. The summed E-state index contributed by atoms with van der Waals surface area (Å²) in [4.78, 5) is 37.2. The molecule has 2 rings (SSSR count). The molecule has 0 heterocycles. The summed E-state index contributed by atoms with van der Waals surface area (Å²) in [6.07, 6.45) is -0.659. The number of carbonyl (C=O) groups excluding carboxylic acids is 2. The number of benzene rings is 2. The van der Waals surface area contributed by atoms with Gasteiger partial charge < -0.3 is 20.6 Å². The normalized spacial score (nSPS) is 11.5. The molecule has 0 fully saturated rings. The highest BCUT2D eigenvalue weighted by molar-refractivity contribution is 6.30. The van der Waals surface area contributed by atoms with Crippen LogP contribution in [0.5, 0.6) is 5.75 Å². The number of imide groups is 1. The standard InChI is InChI=1S/C22H27ClFN5O5/c1-13(2)34-19-9-8-17(11-18(19)24)26-28-27-22(33)29(14(3)10-20(30)31)21(32)25-12-15-4-6-16(23)7-5-15/h4-9,11,13-14,26,28H,10,12H2,1-3H3,(H,25,32)(H,27,33)(H,30,31)/t14-/m0/s1. The average molecular weight is 496 g/mol. The van der Waals surface area contributed by atoms with Crippen molar-refractivity contribution < 1.29 is 28.6 Å². The van der Waals surface area contributed by atoms with E-state index in [1.54, 1.807) is 38.1 Å². The molecule has 0 aliphatic carbocycles. The number of urea groups is 2. The molecule has 1 atom stereocenters. The topological polar surface area (TPSA) is 132 Å².